The van der Waals surface area contributed by atoms with Crippen LogP contribution in [0.1, 0.15) is 36.2 Å². The lowest BCUT2D eigenvalue weighted by molar-refractivity contribution is -0.117. The van der Waals surface area contributed by atoms with Crippen LogP contribution in [0.2, 0.25) is 0 Å². The summed E-state index contributed by atoms with van der Waals surface area (Å²) in [7, 11) is 0. The molecule has 1 aromatic rings. The minimum atomic E-state index is -1.01. The van der Waals surface area contributed by atoms with Gasteiger partial charge >= 0.3 is 5.97 Å². The van der Waals surface area contributed by atoms with Crippen LogP contribution < -0.4 is 11.1 Å². The second kappa shape index (κ2) is 5.18. The van der Waals surface area contributed by atoms with Gasteiger partial charge in [-0.2, -0.15) is 0 Å². The van der Waals surface area contributed by atoms with Crippen molar-refractivity contribution in [1.82, 2.24) is 0 Å². The standard InChI is InChI=1S/C13H18N2O3/c1-8-9(12(17)18)5-4-6-10(8)15-11(16)7-13(2,3)14/h4-6H,7,14H2,1-3H3,(H,15,16)(H,17,18). The van der Waals surface area contributed by atoms with Gasteiger partial charge in [0.25, 0.3) is 0 Å². The van der Waals surface area contributed by atoms with Crippen molar-refractivity contribution in [3.05, 3.63) is 29.3 Å². The Labute approximate surface area is 106 Å². The molecule has 5 nitrogen and oxygen atoms in total. The minimum absolute atomic E-state index is 0.170. The summed E-state index contributed by atoms with van der Waals surface area (Å²) < 4.78 is 0. The van der Waals surface area contributed by atoms with E-state index >= 15 is 0 Å². The van der Waals surface area contributed by atoms with Crippen molar-refractivity contribution >= 4 is 17.6 Å². The van der Waals surface area contributed by atoms with Gasteiger partial charge in [-0.25, -0.2) is 4.79 Å². The number of amides is 1. The van der Waals surface area contributed by atoms with Crippen LogP contribution in [0.4, 0.5) is 5.69 Å². The quantitative estimate of drug-likeness (QED) is 0.759. The Morgan fingerprint density at radius 1 is 1.39 bits per heavy atom. The maximum absolute atomic E-state index is 11.7. The molecule has 0 unspecified atom stereocenters. The van der Waals surface area contributed by atoms with Crippen LogP contribution in [0.25, 0.3) is 0 Å². The van der Waals surface area contributed by atoms with Crippen molar-refractivity contribution in [2.24, 2.45) is 5.73 Å². The number of rotatable bonds is 4. The number of carbonyl (C=O) groups is 2. The molecule has 0 bridgehead atoms. The first kappa shape index (κ1) is 14.2. The van der Waals surface area contributed by atoms with Gasteiger partial charge in [0.05, 0.1) is 5.56 Å². The molecule has 0 heterocycles. The monoisotopic (exact) mass is 250 g/mol. The van der Waals surface area contributed by atoms with Gasteiger partial charge in [-0.05, 0) is 38.5 Å². The molecule has 0 saturated heterocycles. The topological polar surface area (TPSA) is 92.4 Å². The molecular formula is C13H18N2O3. The fourth-order valence-electron chi connectivity index (χ4n) is 1.61. The second-order valence-corrected chi connectivity index (χ2v) is 5.00. The maximum Gasteiger partial charge on any atom is 0.336 e. The van der Waals surface area contributed by atoms with Gasteiger partial charge in [-0.3, -0.25) is 4.79 Å². The zero-order valence-corrected chi connectivity index (χ0v) is 10.8. The molecule has 0 fully saturated rings. The van der Waals surface area contributed by atoms with Gasteiger partial charge in [-0.1, -0.05) is 6.07 Å². The molecule has 0 spiro atoms. The third-order valence-corrected chi connectivity index (χ3v) is 2.45. The summed E-state index contributed by atoms with van der Waals surface area (Å²) >= 11 is 0. The largest absolute Gasteiger partial charge is 0.478 e. The first-order valence-electron chi connectivity index (χ1n) is 5.62. The summed E-state index contributed by atoms with van der Waals surface area (Å²) in [5.41, 5.74) is 6.38. The fraction of sp³-hybridized carbons (Fsp3) is 0.385. The number of hydrogen-bond acceptors (Lipinski definition) is 3. The highest BCUT2D eigenvalue weighted by Gasteiger charge is 2.18. The fourth-order valence-corrected chi connectivity index (χ4v) is 1.61. The number of nitrogens with one attached hydrogen (secondary N) is 1. The van der Waals surface area contributed by atoms with E-state index in [1.807, 2.05) is 0 Å². The number of carbonyl (C=O) groups excluding carboxylic acids is 1. The molecule has 1 aromatic carbocycles. The number of carboxylic acids is 1. The zero-order valence-electron chi connectivity index (χ0n) is 10.8. The molecule has 1 rings (SSSR count). The third-order valence-electron chi connectivity index (χ3n) is 2.45. The molecular weight excluding hydrogens is 232 g/mol. The number of nitrogens with two attached hydrogens (primary N) is 1. The van der Waals surface area contributed by atoms with Gasteiger partial charge in [0.1, 0.15) is 0 Å². The summed E-state index contributed by atoms with van der Waals surface area (Å²) in [6.07, 6.45) is 0.170. The van der Waals surface area contributed by atoms with E-state index < -0.39 is 11.5 Å². The smallest absolute Gasteiger partial charge is 0.336 e. The highest BCUT2D eigenvalue weighted by Crippen LogP contribution is 2.19. The van der Waals surface area contributed by atoms with Crippen LogP contribution >= 0.6 is 0 Å². The molecule has 0 saturated carbocycles. The van der Waals surface area contributed by atoms with E-state index in [-0.39, 0.29) is 17.9 Å². The second-order valence-electron chi connectivity index (χ2n) is 5.00. The molecule has 0 aliphatic heterocycles. The van der Waals surface area contributed by atoms with Crippen LogP contribution in [-0.4, -0.2) is 22.5 Å². The molecule has 0 atom stereocenters. The average Bonchev–Trinajstić information content (AvgIpc) is 2.17. The number of aromatic carboxylic acids is 1. The molecule has 0 radical (unpaired) electrons. The summed E-state index contributed by atoms with van der Waals surface area (Å²) in [6.45, 7) is 5.17. The Balaban J connectivity index is 2.89. The summed E-state index contributed by atoms with van der Waals surface area (Å²) in [5, 5.41) is 11.7. The highest BCUT2D eigenvalue weighted by atomic mass is 16.4. The van der Waals surface area contributed by atoms with E-state index in [0.717, 1.165) is 0 Å². The van der Waals surface area contributed by atoms with Crippen LogP contribution in [0.5, 0.6) is 0 Å². The summed E-state index contributed by atoms with van der Waals surface area (Å²) in [6, 6.07) is 4.77. The van der Waals surface area contributed by atoms with Crippen molar-refractivity contribution in [1.29, 1.82) is 0 Å². The zero-order chi connectivity index (χ0) is 13.9. The number of carboxylic acid groups (broad SMARTS) is 1. The van der Waals surface area contributed by atoms with Gasteiger partial charge in [-0.15, -0.1) is 0 Å². The van der Waals surface area contributed by atoms with Crippen molar-refractivity contribution < 1.29 is 14.7 Å². The lowest BCUT2D eigenvalue weighted by atomic mass is 10.0. The Morgan fingerprint density at radius 3 is 2.50 bits per heavy atom. The Morgan fingerprint density at radius 2 is 2.00 bits per heavy atom. The maximum atomic E-state index is 11.7. The molecule has 0 aliphatic rings. The van der Waals surface area contributed by atoms with Gasteiger partial charge in [0.2, 0.25) is 5.91 Å². The minimum Gasteiger partial charge on any atom is -0.478 e. The molecule has 1 amide bonds. The Hall–Kier alpha value is -1.88. The van der Waals surface area contributed by atoms with Crippen molar-refractivity contribution in [3.8, 4) is 0 Å². The van der Waals surface area contributed by atoms with Crippen molar-refractivity contribution in [2.75, 3.05) is 5.32 Å². The molecule has 0 aliphatic carbocycles. The first-order valence-corrected chi connectivity index (χ1v) is 5.62. The Bertz CT molecular complexity index is 476. The molecule has 98 valence electrons. The van der Waals surface area contributed by atoms with E-state index in [0.29, 0.717) is 11.3 Å². The van der Waals surface area contributed by atoms with Crippen molar-refractivity contribution in [2.45, 2.75) is 32.7 Å². The highest BCUT2D eigenvalue weighted by molar-refractivity contribution is 5.96. The van der Waals surface area contributed by atoms with E-state index in [4.69, 9.17) is 10.8 Å². The van der Waals surface area contributed by atoms with Gasteiger partial charge in [0.15, 0.2) is 0 Å². The van der Waals surface area contributed by atoms with Crippen LogP contribution in [0.3, 0.4) is 0 Å². The third kappa shape index (κ3) is 3.85. The molecule has 0 aromatic heterocycles. The average molecular weight is 250 g/mol. The lowest BCUT2D eigenvalue weighted by Crippen LogP contribution is -2.36. The molecule has 5 heteroatoms. The van der Waals surface area contributed by atoms with Gasteiger partial charge < -0.3 is 16.2 Å². The molecule has 4 N–H and O–H groups in total. The SMILES string of the molecule is Cc1c(NC(=O)CC(C)(C)N)cccc1C(=O)O. The van der Waals surface area contributed by atoms with E-state index in [2.05, 4.69) is 5.32 Å². The normalized spacial score (nSPS) is 11.1. The Kier molecular flexibility index (Phi) is 4.08. The van der Waals surface area contributed by atoms with E-state index in [9.17, 15) is 9.59 Å². The summed E-state index contributed by atoms with van der Waals surface area (Å²) in [5.74, 6) is -1.24. The number of benzene rings is 1. The van der Waals surface area contributed by atoms with Crippen LogP contribution in [0, 0.1) is 6.92 Å². The summed E-state index contributed by atoms with van der Waals surface area (Å²) in [4.78, 5) is 22.7. The van der Waals surface area contributed by atoms with E-state index in [1.165, 1.54) is 6.07 Å². The number of anilines is 1. The molecule has 18 heavy (non-hydrogen) atoms. The predicted octanol–water partition coefficient (Wildman–Crippen LogP) is 1.76. The predicted molar refractivity (Wildman–Crippen MR) is 69.7 cm³/mol. The van der Waals surface area contributed by atoms with Crippen molar-refractivity contribution in [3.63, 3.8) is 0 Å². The van der Waals surface area contributed by atoms with E-state index in [1.54, 1.807) is 32.9 Å². The first-order chi connectivity index (χ1) is 8.20. The van der Waals surface area contributed by atoms with Crippen LogP contribution in [0.15, 0.2) is 18.2 Å². The lowest BCUT2D eigenvalue weighted by Gasteiger charge is -2.18. The number of hydrogen-bond donors (Lipinski definition) is 3. The van der Waals surface area contributed by atoms with Crippen LogP contribution in [-0.2, 0) is 4.79 Å². The van der Waals surface area contributed by atoms with Gasteiger partial charge in [0, 0.05) is 17.6 Å².